The highest BCUT2D eigenvalue weighted by molar-refractivity contribution is 6.40. The molecule has 0 fully saturated rings. The van der Waals surface area contributed by atoms with Crippen LogP contribution in [0.25, 0.3) is 0 Å². The number of hydrogen-bond donors (Lipinski definition) is 2. The molecule has 0 bridgehead atoms. The first-order chi connectivity index (χ1) is 7.66. The fourth-order valence-corrected chi connectivity index (χ4v) is 1.10. The summed E-state index contributed by atoms with van der Waals surface area (Å²) >= 11 is 0. The maximum atomic E-state index is 11.6. The first-order valence-electron chi connectivity index (χ1n) is 4.82. The molecule has 0 saturated heterocycles. The Labute approximate surface area is 93.4 Å². The average molecular weight is 222 g/mol. The molecule has 0 atom stereocenters. The predicted octanol–water partition coefficient (Wildman–Crippen LogP) is -0.881. The number of aromatic nitrogens is 1. The van der Waals surface area contributed by atoms with Crippen LogP contribution < -0.4 is 16.0 Å². The van der Waals surface area contributed by atoms with Gasteiger partial charge < -0.3 is 16.0 Å². The summed E-state index contributed by atoms with van der Waals surface area (Å²) in [6.07, 6.45) is 3.10. The highest BCUT2D eigenvalue weighted by atomic mass is 16.2. The van der Waals surface area contributed by atoms with Gasteiger partial charge in [-0.3, -0.25) is 14.6 Å². The van der Waals surface area contributed by atoms with Crippen molar-refractivity contribution in [3.05, 3.63) is 24.5 Å². The van der Waals surface area contributed by atoms with Crippen LogP contribution in [-0.4, -0.2) is 36.9 Å². The van der Waals surface area contributed by atoms with Crippen molar-refractivity contribution < 1.29 is 9.59 Å². The molecular formula is C10H14N4O2. The van der Waals surface area contributed by atoms with E-state index in [9.17, 15) is 9.59 Å². The SMILES string of the molecule is CN(C(=O)C(=O)NCCN)c1ccncc1. The molecule has 1 aromatic heterocycles. The molecule has 3 N–H and O–H groups in total. The van der Waals surface area contributed by atoms with E-state index < -0.39 is 11.8 Å². The Morgan fingerprint density at radius 2 is 2.06 bits per heavy atom. The van der Waals surface area contributed by atoms with E-state index >= 15 is 0 Å². The van der Waals surface area contributed by atoms with E-state index in [4.69, 9.17) is 5.73 Å². The smallest absolute Gasteiger partial charge is 0.316 e. The van der Waals surface area contributed by atoms with Crippen LogP contribution in [0.5, 0.6) is 0 Å². The number of pyridine rings is 1. The normalized spacial score (nSPS) is 9.62. The van der Waals surface area contributed by atoms with Crippen molar-refractivity contribution in [2.75, 3.05) is 25.0 Å². The Morgan fingerprint density at radius 1 is 1.44 bits per heavy atom. The molecule has 1 rings (SSSR count). The van der Waals surface area contributed by atoms with Crippen LogP contribution in [-0.2, 0) is 9.59 Å². The molecule has 1 aromatic rings. The summed E-state index contributed by atoms with van der Waals surface area (Å²) in [4.78, 5) is 28.0. The third kappa shape index (κ3) is 3.03. The zero-order valence-electron chi connectivity index (χ0n) is 9.01. The van der Waals surface area contributed by atoms with E-state index in [2.05, 4.69) is 10.3 Å². The van der Waals surface area contributed by atoms with Crippen LogP contribution in [0.1, 0.15) is 0 Å². The fourth-order valence-electron chi connectivity index (χ4n) is 1.10. The minimum absolute atomic E-state index is 0.286. The Balaban J connectivity index is 2.64. The fraction of sp³-hybridized carbons (Fsp3) is 0.300. The Morgan fingerprint density at radius 3 is 2.62 bits per heavy atom. The molecule has 0 saturated carbocycles. The van der Waals surface area contributed by atoms with Crippen molar-refractivity contribution in [1.82, 2.24) is 10.3 Å². The van der Waals surface area contributed by atoms with Gasteiger partial charge in [-0.25, -0.2) is 0 Å². The van der Waals surface area contributed by atoms with Gasteiger partial charge in [0.1, 0.15) is 0 Å². The number of carbonyl (C=O) groups excluding carboxylic acids is 2. The van der Waals surface area contributed by atoms with Crippen molar-refractivity contribution >= 4 is 17.5 Å². The summed E-state index contributed by atoms with van der Waals surface area (Å²) in [6, 6.07) is 3.29. The molecule has 6 nitrogen and oxygen atoms in total. The standard InChI is InChI=1S/C10H14N4O2/c1-14(8-2-5-12-6-3-8)10(16)9(15)13-7-4-11/h2-3,5-6H,4,7,11H2,1H3,(H,13,15). The summed E-state index contributed by atoms with van der Waals surface area (Å²) in [5.74, 6) is -1.29. The average Bonchev–Trinajstić information content (AvgIpc) is 2.35. The molecule has 0 unspecified atom stereocenters. The zero-order chi connectivity index (χ0) is 12.0. The number of carbonyl (C=O) groups is 2. The molecular weight excluding hydrogens is 208 g/mol. The summed E-state index contributed by atoms with van der Waals surface area (Å²) in [7, 11) is 1.53. The van der Waals surface area contributed by atoms with Gasteiger partial charge >= 0.3 is 11.8 Å². The van der Waals surface area contributed by atoms with Crippen LogP contribution in [0.3, 0.4) is 0 Å². The molecule has 2 amide bonds. The first kappa shape index (κ1) is 12.1. The molecule has 6 heteroatoms. The second-order valence-electron chi connectivity index (χ2n) is 3.11. The van der Waals surface area contributed by atoms with E-state index in [1.54, 1.807) is 24.5 Å². The van der Waals surface area contributed by atoms with Gasteiger partial charge in [-0.05, 0) is 12.1 Å². The van der Waals surface area contributed by atoms with Gasteiger partial charge in [0.2, 0.25) is 0 Å². The lowest BCUT2D eigenvalue weighted by molar-refractivity contribution is -0.137. The largest absolute Gasteiger partial charge is 0.347 e. The van der Waals surface area contributed by atoms with Crippen molar-refractivity contribution in [2.24, 2.45) is 5.73 Å². The van der Waals surface area contributed by atoms with Gasteiger partial charge in [0.25, 0.3) is 0 Å². The highest BCUT2D eigenvalue weighted by Crippen LogP contribution is 2.09. The summed E-state index contributed by atoms with van der Waals surface area (Å²) in [6.45, 7) is 0.590. The Bertz CT molecular complexity index is 366. The molecule has 16 heavy (non-hydrogen) atoms. The van der Waals surface area contributed by atoms with Crippen molar-refractivity contribution in [3.63, 3.8) is 0 Å². The van der Waals surface area contributed by atoms with E-state index in [1.807, 2.05) is 0 Å². The molecule has 0 aromatic carbocycles. The van der Waals surface area contributed by atoms with Gasteiger partial charge in [-0.2, -0.15) is 0 Å². The van der Waals surface area contributed by atoms with Crippen molar-refractivity contribution in [1.29, 1.82) is 0 Å². The van der Waals surface area contributed by atoms with Gasteiger partial charge in [0.05, 0.1) is 0 Å². The van der Waals surface area contributed by atoms with Crippen LogP contribution in [0, 0.1) is 0 Å². The Kier molecular flexibility index (Phi) is 4.41. The second-order valence-corrected chi connectivity index (χ2v) is 3.11. The number of nitrogens with one attached hydrogen (secondary N) is 1. The van der Waals surface area contributed by atoms with E-state index in [0.29, 0.717) is 12.2 Å². The topological polar surface area (TPSA) is 88.3 Å². The summed E-state index contributed by atoms with van der Waals surface area (Å²) in [5, 5.41) is 2.41. The van der Waals surface area contributed by atoms with Crippen molar-refractivity contribution in [2.45, 2.75) is 0 Å². The maximum absolute atomic E-state index is 11.6. The van der Waals surface area contributed by atoms with Gasteiger partial charge in [-0.1, -0.05) is 0 Å². The molecule has 0 spiro atoms. The molecule has 0 radical (unpaired) electrons. The Hall–Kier alpha value is -1.95. The number of anilines is 1. The molecule has 0 aliphatic heterocycles. The molecule has 1 heterocycles. The highest BCUT2D eigenvalue weighted by Gasteiger charge is 2.18. The first-order valence-corrected chi connectivity index (χ1v) is 4.82. The van der Waals surface area contributed by atoms with Crippen molar-refractivity contribution in [3.8, 4) is 0 Å². The number of nitrogens with zero attached hydrogens (tertiary/aromatic N) is 2. The molecule has 0 aliphatic rings. The van der Waals surface area contributed by atoms with E-state index in [0.717, 1.165) is 0 Å². The minimum Gasteiger partial charge on any atom is -0.347 e. The third-order valence-electron chi connectivity index (χ3n) is 1.98. The van der Waals surface area contributed by atoms with E-state index in [-0.39, 0.29) is 6.54 Å². The van der Waals surface area contributed by atoms with Gasteiger partial charge in [-0.15, -0.1) is 0 Å². The van der Waals surface area contributed by atoms with Crippen LogP contribution in [0.15, 0.2) is 24.5 Å². The van der Waals surface area contributed by atoms with Crippen LogP contribution in [0.2, 0.25) is 0 Å². The summed E-state index contributed by atoms with van der Waals surface area (Å²) < 4.78 is 0. The second kappa shape index (κ2) is 5.82. The molecule has 0 aliphatic carbocycles. The number of nitrogens with two attached hydrogens (primary N) is 1. The van der Waals surface area contributed by atoms with Crippen LogP contribution >= 0.6 is 0 Å². The number of likely N-dealkylation sites (N-methyl/N-ethyl adjacent to an activating group) is 1. The minimum atomic E-state index is -0.662. The van der Waals surface area contributed by atoms with Gasteiger partial charge in [0.15, 0.2) is 0 Å². The predicted molar refractivity (Wildman–Crippen MR) is 59.7 cm³/mol. The summed E-state index contributed by atoms with van der Waals surface area (Å²) in [5.41, 5.74) is 5.83. The molecule has 86 valence electrons. The third-order valence-corrected chi connectivity index (χ3v) is 1.98. The maximum Gasteiger partial charge on any atom is 0.316 e. The lowest BCUT2D eigenvalue weighted by Crippen LogP contribution is -2.42. The monoisotopic (exact) mass is 222 g/mol. The lowest BCUT2D eigenvalue weighted by atomic mass is 10.3. The van der Waals surface area contributed by atoms with Gasteiger partial charge in [0, 0.05) is 38.2 Å². The van der Waals surface area contributed by atoms with E-state index in [1.165, 1.54) is 11.9 Å². The number of amides is 2. The number of hydrogen-bond acceptors (Lipinski definition) is 4. The quantitative estimate of drug-likeness (QED) is 0.650. The lowest BCUT2D eigenvalue weighted by Gasteiger charge is -2.16. The number of rotatable bonds is 3. The zero-order valence-corrected chi connectivity index (χ0v) is 9.01. The van der Waals surface area contributed by atoms with Crippen LogP contribution in [0.4, 0.5) is 5.69 Å².